The van der Waals surface area contributed by atoms with Crippen LogP contribution in [-0.4, -0.2) is 57.3 Å². The first-order chi connectivity index (χ1) is 18.9. The fourth-order valence-electron chi connectivity index (χ4n) is 6.46. The maximum atomic E-state index is 14.1. The second kappa shape index (κ2) is 9.11. The van der Waals surface area contributed by atoms with Crippen molar-refractivity contribution in [2.24, 2.45) is 0 Å². The highest BCUT2D eigenvalue weighted by atomic mass is 19.4. The van der Waals surface area contributed by atoms with Crippen molar-refractivity contribution in [2.45, 2.75) is 55.8 Å². The molecule has 3 aliphatic rings. The Balaban J connectivity index is 1.15. The number of hydrogen-bond acceptors (Lipinski definition) is 6. The van der Waals surface area contributed by atoms with Gasteiger partial charge in [0.2, 0.25) is 5.91 Å². The molecule has 40 heavy (non-hydrogen) atoms. The summed E-state index contributed by atoms with van der Waals surface area (Å²) >= 11 is 0. The quantitative estimate of drug-likeness (QED) is 0.442. The van der Waals surface area contributed by atoms with E-state index in [4.69, 9.17) is 4.74 Å². The van der Waals surface area contributed by atoms with E-state index in [9.17, 15) is 33.1 Å². The smallest absolute Gasteiger partial charge is 0.418 e. The van der Waals surface area contributed by atoms with Gasteiger partial charge in [0.15, 0.2) is 0 Å². The SMILES string of the molecule is C[C@]1(O)C[C@@H](n2c(=O)[nH]c3cc(OCCN4CCC5(CC4)C(=O)Nc4ccc(C#N)cc45)cc(C(F)(F)F)c32)C1. The third-order valence-corrected chi connectivity index (χ3v) is 8.54. The minimum Gasteiger partial charge on any atom is -0.492 e. The summed E-state index contributed by atoms with van der Waals surface area (Å²) in [5.74, 6) is -0.0802. The number of fused-ring (bicyclic) bond motifs is 3. The Morgan fingerprint density at radius 2 is 1.90 bits per heavy atom. The van der Waals surface area contributed by atoms with Crippen LogP contribution in [0.25, 0.3) is 11.0 Å². The Labute approximate surface area is 227 Å². The zero-order valence-electron chi connectivity index (χ0n) is 21.8. The van der Waals surface area contributed by atoms with Crippen LogP contribution in [0, 0.1) is 11.3 Å². The second-order valence-corrected chi connectivity index (χ2v) is 11.3. The van der Waals surface area contributed by atoms with Crippen molar-refractivity contribution in [2.75, 3.05) is 31.6 Å². The third-order valence-electron chi connectivity index (χ3n) is 8.54. The largest absolute Gasteiger partial charge is 0.492 e. The number of imidazole rings is 1. The van der Waals surface area contributed by atoms with Crippen molar-refractivity contribution in [1.29, 1.82) is 5.26 Å². The van der Waals surface area contributed by atoms with E-state index in [0.29, 0.717) is 38.0 Å². The molecule has 3 aromatic rings. The van der Waals surface area contributed by atoms with E-state index in [0.717, 1.165) is 21.9 Å². The molecule has 1 spiro atoms. The van der Waals surface area contributed by atoms with Crippen LogP contribution in [0.3, 0.4) is 0 Å². The Kier molecular flexibility index (Phi) is 6.01. The number of aromatic nitrogens is 2. The lowest BCUT2D eigenvalue weighted by Crippen LogP contribution is -2.47. The number of halogens is 3. The average molecular weight is 556 g/mol. The summed E-state index contributed by atoms with van der Waals surface area (Å²) in [7, 11) is 0. The van der Waals surface area contributed by atoms with Crippen molar-refractivity contribution in [3.63, 3.8) is 0 Å². The Morgan fingerprint density at radius 1 is 1.18 bits per heavy atom. The molecule has 1 saturated heterocycles. The summed E-state index contributed by atoms with van der Waals surface area (Å²) in [5, 5.41) is 22.3. The molecule has 2 fully saturated rings. The number of carbonyl (C=O) groups excluding carboxylic acids is 1. The van der Waals surface area contributed by atoms with Gasteiger partial charge >= 0.3 is 11.9 Å². The number of hydrogen-bond donors (Lipinski definition) is 3. The summed E-state index contributed by atoms with van der Waals surface area (Å²) < 4.78 is 49.1. The molecule has 210 valence electrons. The van der Waals surface area contributed by atoms with Gasteiger partial charge in [0.05, 0.1) is 39.2 Å². The zero-order valence-corrected chi connectivity index (χ0v) is 21.8. The predicted octanol–water partition coefficient (Wildman–Crippen LogP) is 3.67. The van der Waals surface area contributed by atoms with E-state index in [-0.39, 0.29) is 42.1 Å². The van der Waals surface area contributed by atoms with Gasteiger partial charge in [-0.15, -0.1) is 0 Å². The van der Waals surface area contributed by atoms with Crippen LogP contribution in [0.5, 0.6) is 5.75 Å². The van der Waals surface area contributed by atoms with Crippen molar-refractivity contribution >= 4 is 22.6 Å². The van der Waals surface area contributed by atoms with Crippen molar-refractivity contribution in [3.05, 3.63) is 57.5 Å². The monoisotopic (exact) mass is 555 g/mol. The summed E-state index contributed by atoms with van der Waals surface area (Å²) in [6.07, 6.45) is -3.23. The molecule has 2 aliphatic heterocycles. The van der Waals surface area contributed by atoms with Crippen LogP contribution < -0.4 is 15.7 Å². The normalized spacial score (nSPS) is 24.0. The van der Waals surface area contributed by atoms with E-state index in [1.807, 2.05) is 0 Å². The molecule has 1 saturated carbocycles. The number of rotatable bonds is 5. The number of benzene rings is 2. The first-order valence-corrected chi connectivity index (χ1v) is 13.2. The number of ether oxygens (including phenoxy) is 1. The van der Waals surface area contributed by atoms with Gasteiger partial charge in [-0.05, 0) is 75.5 Å². The number of aromatic amines is 1. The van der Waals surface area contributed by atoms with E-state index < -0.39 is 34.5 Å². The third kappa shape index (κ3) is 4.33. The lowest BCUT2D eigenvalue weighted by Gasteiger charge is -2.41. The molecule has 6 rings (SSSR count). The molecule has 3 N–H and O–H groups in total. The van der Waals surface area contributed by atoms with Crippen LogP contribution in [-0.2, 0) is 16.4 Å². The fraction of sp³-hybridized carbons (Fsp3) is 0.464. The van der Waals surface area contributed by atoms with Crippen LogP contribution in [0.2, 0.25) is 0 Å². The Bertz CT molecular complexity index is 1600. The van der Waals surface area contributed by atoms with E-state index in [1.165, 1.54) is 6.07 Å². The molecule has 0 radical (unpaired) electrons. The number of carbonyl (C=O) groups is 1. The lowest BCUT2D eigenvalue weighted by molar-refractivity contribution is -0.136. The highest BCUT2D eigenvalue weighted by Gasteiger charge is 2.48. The molecule has 0 unspecified atom stereocenters. The van der Waals surface area contributed by atoms with Gasteiger partial charge in [0.1, 0.15) is 12.4 Å². The van der Waals surface area contributed by atoms with Gasteiger partial charge in [-0.2, -0.15) is 18.4 Å². The van der Waals surface area contributed by atoms with Gasteiger partial charge in [-0.3, -0.25) is 14.3 Å². The van der Waals surface area contributed by atoms with E-state index in [1.54, 1.807) is 25.1 Å². The lowest BCUT2D eigenvalue weighted by atomic mass is 9.73. The van der Waals surface area contributed by atoms with Crippen LogP contribution in [0.1, 0.15) is 55.3 Å². The average Bonchev–Trinajstić information content (AvgIpc) is 3.34. The molecule has 2 aromatic carbocycles. The number of likely N-dealkylation sites (tertiary alicyclic amines) is 1. The number of nitrogens with one attached hydrogen (secondary N) is 2. The molecule has 1 amide bonds. The minimum atomic E-state index is -4.72. The van der Waals surface area contributed by atoms with Gasteiger partial charge in [-0.25, -0.2) is 4.79 Å². The first-order valence-electron chi connectivity index (χ1n) is 13.2. The van der Waals surface area contributed by atoms with Gasteiger partial charge in [0.25, 0.3) is 0 Å². The van der Waals surface area contributed by atoms with E-state index >= 15 is 0 Å². The topological polar surface area (TPSA) is 123 Å². The second-order valence-electron chi connectivity index (χ2n) is 11.3. The molecular weight excluding hydrogens is 527 g/mol. The molecule has 12 heteroatoms. The maximum absolute atomic E-state index is 14.1. The van der Waals surface area contributed by atoms with Crippen LogP contribution in [0.4, 0.5) is 18.9 Å². The summed E-state index contributed by atoms with van der Waals surface area (Å²) in [5.41, 5.74) is -1.46. The summed E-state index contributed by atoms with van der Waals surface area (Å²) in [6, 6.07) is 9.12. The number of nitrogens with zero attached hydrogens (tertiary/aromatic N) is 3. The molecule has 9 nitrogen and oxygen atoms in total. The molecule has 1 aromatic heterocycles. The number of amides is 1. The number of anilines is 1. The van der Waals surface area contributed by atoms with Crippen molar-refractivity contribution in [3.8, 4) is 11.8 Å². The first kappa shape index (κ1) is 26.4. The highest BCUT2D eigenvalue weighted by Crippen LogP contribution is 2.46. The fourth-order valence-corrected chi connectivity index (χ4v) is 6.46. The molecule has 3 heterocycles. The molecule has 0 bridgehead atoms. The van der Waals surface area contributed by atoms with Gasteiger partial charge in [-0.1, -0.05) is 0 Å². The van der Waals surface area contributed by atoms with Crippen LogP contribution >= 0.6 is 0 Å². The molecule has 1 aliphatic carbocycles. The Morgan fingerprint density at radius 3 is 2.55 bits per heavy atom. The molecular formula is C28H28F3N5O4. The standard InChI is InChI=1S/C28H28F3N5O4/c1-26(39)13-17(14-26)36-23-20(28(29,30)31)11-18(12-22(23)34-25(36)38)40-9-8-35-6-4-27(5-7-35)19-10-16(15-32)2-3-21(19)33-24(27)37/h2-3,10-12,17,39H,4-9,13-14H2,1H3,(H,33,37)(H,34,38)/t17-,26+. The zero-order chi connectivity index (χ0) is 28.4. The summed E-state index contributed by atoms with van der Waals surface area (Å²) in [4.78, 5) is 30.1. The number of H-pyrrole nitrogens is 1. The number of nitriles is 1. The van der Waals surface area contributed by atoms with Crippen molar-refractivity contribution < 1.29 is 27.8 Å². The number of piperidine rings is 1. The highest BCUT2D eigenvalue weighted by molar-refractivity contribution is 6.06. The Hall–Kier alpha value is -3.82. The molecule has 0 atom stereocenters. The number of aliphatic hydroxyl groups is 1. The van der Waals surface area contributed by atoms with E-state index in [2.05, 4.69) is 21.3 Å². The minimum absolute atomic E-state index is 0.00422. The maximum Gasteiger partial charge on any atom is 0.418 e. The summed E-state index contributed by atoms with van der Waals surface area (Å²) in [6.45, 7) is 3.32. The number of alkyl halides is 3. The van der Waals surface area contributed by atoms with Crippen molar-refractivity contribution in [1.82, 2.24) is 14.5 Å². The van der Waals surface area contributed by atoms with Crippen LogP contribution in [0.15, 0.2) is 35.1 Å². The van der Waals surface area contributed by atoms with Gasteiger partial charge < -0.3 is 20.1 Å². The predicted molar refractivity (Wildman–Crippen MR) is 139 cm³/mol. The van der Waals surface area contributed by atoms with Gasteiger partial charge in [0, 0.05) is 24.3 Å².